The van der Waals surface area contributed by atoms with Crippen LogP contribution in [0.4, 0.5) is 0 Å². The number of benzene rings is 1. The minimum Gasteiger partial charge on any atom is -0.341 e. The summed E-state index contributed by atoms with van der Waals surface area (Å²) >= 11 is 7.09. The Hall–Kier alpha value is -2.44. The molecular weight excluding hydrogens is 382 g/mol. The minimum atomic E-state index is -0.0678. The Labute approximate surface area is 167 Å². The van der Waals surface area contributed by atoms with Crippen LogP contribution in [-0.2, 0) is 17.9 Å². The van der Waals surface area contributed by atoms with Gasteiger partial charge in [-0.25, -0.2) is 0 Å². The van der Waals surface area contributed by atoms with Gasteiger partial charge in [-0.3, -0.25) is 14.3 Å². The predicted molar refractivity (Wildman–Crippen MR) is 107 cm³/mol. The fourth-order valence-electron chi connectivity index (χ4n) is 2.71. The zero-order valence-corrected chi connectivity index (χ0v) is 16.5. The van der Waals surface area contributed by atoms with E-state index in [1.165, 1.54) is 16.9 Å². The maximum Gasteiger partial charge on any atom is 0.223 e. The van der Waals surface area contributed by atoms with Crippen LogP contribution in [0.15, 0.2) is 54.9 Å². The quantitative estimate of drug-likeness (QED) is 0.530. The molecule has 7 heteroatoms. The molecule has 0 unspecified atom stereocenters. The molecule has 2 aromatic heterocycles. The van der Waals surface area contributed by atoms with Crippen LogP contribution in [-0.4, -0.2) is 33.4 Å². The highest BCUT2D eigenvalue weighted by Gasteiger charge is 2.15. The molecule has 0 aliphatic rings. The highest BCUT2D eigenvalue weighted by Crippen LogP contribution is 2.23. The van der Waals surface area contributed by atoms with E-state index in [-0.39, 0.29) is 24.5 Å². The van der Waals surface area contributed by atoms with E-state index in [1.54, 1.807) is 30.3 Å². The maximum absolute atomic E-state index is 12.3. The Kier molecular flexibility index (Phi) is 6.42. The van der Waals surface area contributed by atoms with E-state index in [2.05, 4.69) is 17.2 Å². The Bertz CT molecular complexity index is 920. The van der Waals surface area contributed by atoms with E-state index < -0.39 is 0 Å². The normalized spacial score (nSPS) is 10.7. The smallest absolute Gasteiger partial charge is 0.223 e. The Morgan fingerprint density at radius 2 is 1.89 bits per heavy atom. The van der Waals surface area contributed by atoms with Crippen molar-refractivity contribution in [3.63, 3.8) is 0 Å². The summed E-state index contributed by atoms with van der Waals surface area (Å²) in [5.74, 6) is -0.119. The van der Waals surface area contributed by atoms with Crippen molar-refractivity contribution in [2.75, 3.05) is 7.05 Å². The summed E-state index contributed by atoms with van der Waals surface area (Å²) in [4.78, 5) is 26.6. The fraction of sp³-hybridized carbons (Fsp3) is 0.250. The van der Waals surface area contributed by atoms with E-state index in [0.717, 1.165) is 5.56 Å². The molecule has 0 saturated carbocycles. The Balaban J connectivity index is 1.49. The number of nitrogens with zero attached hydrogens (tertiary/aromatic N) is 3. The van der Waals surface area contributed by atoms with Crippen LogP contribution in [0.5, 0.6) is 0 Å². The summed E-state index contributed by atoms with van der Waals surface area (Å²) in [6.07, 6.45) is 4.08. The van der Waals surface area contributed by atoms with Crippen LogP contribution in [0.2, 0.25) is 4.34 Å². The summed E-state index contributed by atoms with van der Waals surface area (Å²) in [7, 11) is 1.74. The molecule has 1 amide bonds. The van der Waals surface area contributed by atoms with Gasteiger partial charge in [-0.05, 0) is 17.7 Å². The van der Waals surface area contributed by atoms with E-state index in [1.807, 2.05) is 29.1 Å². The second kappa shape index (κ2) is 8.97. The monoisotopic (exact) mass is 401 g/mol. The lowest BCUT2D eigenvalue weighted by Crippen LogP contribution is -2.26. The van der Waals surface area contributed by atoms with E-state index in [4.69, 9.17) is 11.6 Å². The largest absolute Gasteiger partial charge is 0.341 e. The van der Waals surface area contributed by atoms with Crippen LogP contribution < -0.4 is 0 Å². The number of amides is 1. The molecule has 0 aliphatic heterocycles. The molecule has 0 fully saturated rings. The third-order valence-electron chi connectivity index (χ3n) is 4.13. The lowest BCUT2D eigenvalue weighted by atomic mass is 10.2. The molecule has 3 aromatic rings. The molecule has 0 saturated heterocycles. The van der Waals surface area contributed by atoms with Gasteiger partial charge in [0.25, 0.3) is 0 Å². The average molecular weight is 402 g/mol. The lowest BCUT2D eigenvalue weighted by Gasteiger charge is -2.15. The molecular formula is C20H20ClN3O2S. The van der Waals surface area contributed by atoms with Gasteiger partial charge < -0.3 is 4.90 Å². The van der Waals surface area contributed by atoms with Gasteiger partial charge >= 0.3 is 0 Å². The van der Waals surface area contributed by atoms with Crippen LogP contribution in [0.25, 0.3) is 0 Å². The highest BCUT2D eigenvalue weighted by molar-refractivity contribution is 7.18. The molecule has 5 nitrogen and oxygen atoms in total. The Morgan fingerprint density at radius 3 is 2.59 bits per heavy atom. The molecule has 0 N–H and O–H groups in total. The maximum atomic E-state index is 12.3. The molecule has 1 aromatic carbocycles. The van der Waals surface area contributed by atoms with Gasteiger partial charge in [-0.2, -0.15) is 5.10 Å². The molecule has 3 rings (SSSR count). The summed E-state index contributed by atoms with van der Waals surface area (Å²) < 4.78 is 2.43. The zero-order chi connectivity index (χ0) is 19.2. The number of rotatable bonds is 8. The topological polar surface area (TPSA) is 55.2 Å². The van der Waals surface area contributed by atoms with Crippen molar-refractivity contribution < 1.29 is 9.59 Å². The number of hydrogen-bond donors (Lipinski definition) is 0. The van der Waals surface area contributed by atoms with Crippen LogP contribution in [0.1, 0.15) is 33.6 Å². The minimum absolute atomic E-state index is 0.0515. The zero-order valence-electron chi connectivity index (χ0n) is 15.0. The van der Waals surface area contributed by atoms with Crippen LogP contribution in [0.3, 0.4) is 0 Å². The number of halogens is 1. The van der Waals surface area contributed by atoms with Gasteiger partial charge in [-0.1, -0.05) is 41.9 Å². The van der Waals surface area contributed by atoms with Crippen LogP contribution >= 0.6 is 22.9 Å². The third kappa shape index (κ3) is 5.52. The molecule has 2 heterocycles. The van der Waals surface area contributed by atoms with Crippen molar-refractivity contribution >= 4 is 34.6 Å². The molecule has 0 radical (unpaired) electrons. The van der Waals surface area contributed by atoms with Crippen molar-refractivity contribution in [3.05, 3.63) is 75.2 Å². The van der Waals surface area contributed by atoms with Crippen LogP contribution in [0, 0.1) is 0 Å². The molecule has 140 valence electrons. The number of Topliss-reactive ketones (excluding diaryl/α,β-unsaturated/α-hetero) is 1. The molecule has 27 heavy (non-hydrogen) atoms. The van der Waals surface area contributed by atoms with Gasteiger partial charge in [0, 0.05) is 38.2 Å². The van der Waals surface area contributed by atoms with Gasteiger partial charge in [0.15, 0.2) is 5.78 Å². The van der Waals surface area contributed by atoms with E-state index >= 15 is 0 Å². The van der Waals surface area contributed by atoms with Crippen molar-refractivity contribution in [2.45, 2.75) is 25.9 Å². The molecule has 0 aliphatic carbocycles. The van der Waals surface area contributed by atoms with E-state index in [9.17, 15) is 9.59 Å². The second-order valence-corrected chi connectivity index (χ2v) is 8.02. The summed E-state index contributed by atoms with van der Waals surface area (Å²) in [6, 6.07) is 13.5. The van der Waals surface area contributed by atoms with E-state index in [0.29, 0.717) is 22.3 Å². The van der Waals surface area contributed by atoms with Crippen molar-refractivity contribution in [3.8, 4) is 0 Å². The first-order valence-corrected chi connectivity index (χ1v) is 9.78. The number of carbonyl (C=O) groups is 2. The lowest BCUT2D eigenvalue weighted by molar-refractivity contribution is -0.130. The van der Waals surface area contributed by atoms with Gasteiger partial charge in [0.1, 0.15) is 0 Å². The highest BCUT2D eigenvalue weighted by atomic mass is 35.5. The first kappa shape index (κ1) is 19.3. The van der Waals surface area contributed by atoms with Gasteiger partial charge in [0.05, 0.1) is 22.0 Å². The van der Waals surface area contributed by atoms with Gasteiger partial charge in [0.2, 0.25) is 5.91 Å². The fourth-order valence-corrected chi connectivity index (χ4v) is 3.72. The van der Waals surface area contributed by atoms with Crippen molar-refractivity contribution in [1.82, 2.24) is 14.7 Å². The predicted octanol–water partition coefficient (Wildman–Crippen LogP) is 4.27. The summed E-state index contributed by atoms with van der Waals surface area (Å²) in [5.41, 5.74) is 2.13. The molecule has 0 spiro atoms. The first-order chi connectivity index (χ1) is 13.0. The number of ketones is 1. The van der Waals surface area contributed by atoms with Crippen molar-refractivity contribution in [1.29, 1.82) is 0 Å². The molecule has 0 bridgehead atoms. The summed E-state index contributed by atoms with van der Waals surface area (Å²) in [6.45, 7) is 1.16. The first-order valence-electron chi connectivity index (χ1n) is 8.59. The number of thiophene rings is 1. The number of hydrogen-bond acceptors (Lipinski definition) is 4. The number of aromatic nitrogens is 2. The summed E-state index contributed by atoms with van der Waals surface area (Å²) in [5, 5.41) is 4.35. The second-order valence-electron chi connectivity index (χ2n) is 6.31. The van der Waals surface area contributed by atoms with Crippen molar-refractivity contribution in [2.24, 2.45) is 0 Å². The third-order valence-corrected chi connectivity index (χ3v) is 5.41. The standard InChI is InChI=1S/C20H20ClN3O2S/c1-23(20(26)10-7-17(25)18-8-9-19(21)27-18)12-16-11-22-24(14-16)13-15-5-3-2-4-6-15/h2-6,8-9,11,14H,7,10,12-13H2,1H3. The Morgan fingerprint density at radius 1 is 1.11 bits per heavy atom. The average Bonchev–Trinajstić information content (AvgIpc) is 3.29. The van der Waals surface area contributed by atoms with Gasteiger partial charge in [-0.15, -0.1) is 11.3 Å². The SMILES string of the molecule is CN(Cc1cnn(Cc2ccccc2)c1)C(=O)CCC(=O)c1ccc(Cl)s1. The number of carbonyl (C=O) groups excluding carboxylic acids is 2. The molecule has 0 atom stereocenters.